The Kier molecular flexibility index (Phi) is 4.72. The summed E-state index contributed by atoms with van der Waals surface area (Å²) in [4.78, 5) is 6.86. The van der Waals surface area contributed by atoms with E-state index in [9.17, 15) is 0 Å². The van der Waals surface area contributed by atoms with Crippen LogP contribution in [0.5, 0.6) is 0 Å². The summed E-state index contributed by atoms with van der Waals surface area (Å²) < 4.78 is 0. The predicted molar refractivity (Wildman–Crippen MR) is 75.5 cm³/mol. The highest BCUT2D eigenvalue weighted by atomic mass is 15.1. The van der Waals surface area contributed by atoms with E-state index in [4.69, 9.17) is 0 Å². The summed E-state index contributed by atoms with van der Waals surface area (Å²) in [6.07, 6.45) is 4.53. The number of pyridine rings is 1. The van der Waals surface area contributed by atoms with Crippen LogP contribution >= 0.6 is 0 Å². The lowest BCUT2D eigenvalue weighted by molar-refractivity contribution is 0.174. The van der Waals surface area contributed by atoms with Crippen LogP contribution in [0.4, 0.5) is 0 Å². The molecule has 1 aromatic heterocycles. The molecule has 3 nitrogen and oxygen atoms in total. The lowest BCUT2D eigenvalue weighted by Gasteiger charge is -2.35. The van der Waals surface area contributed by atoms with Gasteiger partial charge in [-0.25, -0.2) is 0 Å². The Morgan fingerprint density at radius 1 is 1.39 bits per heavy atom. The smallest absolute Gasteiger partial charge is 0.0570 e. The van der Waals surface area contributed by atoms with E-state index in [1.165, 1.54) is 25.9 Å². The zero-order valence-corrected chi connectivity index (χ0v) is 11.8. The third-order valence-electron chi connectivity index (χ3n) is 4.01. The van der Waals surface area contributed by atoms with Gasteiger partial charge in [-0.15, -0.1) is 0 Å². The summed E-state index contributed by atoms with van der Waals surface area (Å²) in [5, 5.41) is 3.70. The molecule has 0 aliphatic carbocycles. The van der Waals surface area contributed by atoms with E-state index < -0.39 is 0 Å². The number of piperidine rings is 1. The molecule has 0 saturated carbocycles. The van der Waals surface area contributed by atoms with Crippen molar-refractivity contribution >= 4 is 0 Å². The minimum atomic E-state index is 0.327. The minimum Gasteiger partial charge on any atom is -0.306 e. The van der Waals surface area contributed by atoms with E-state index in [0.29, 0.717) is 12.1 Å². The van der Waals surface area contributed by atoms with Gasteiger partial charge in [0.25, 0.3) is 0 Å². The highest BCUT2D eigenvalue weighted by Crippen LogP contribution is 2.20. The molecule has 0 bridgehead atoms. The minimum absolute atomic E-state index is 0.327. The first-order valence-electron chi connectivity index (χ1n) is 7.02. The molecule has 3 heteroatoms. The van der Waals surface area contributed by atoms with Gasteiger partial charge in [0, 0.05) is 24.8 Å². The second-order valence-electron chi connectivity index (χ2n) is 5.60. The molecule has 0 spiro atoms. The van der Waals surface area contributed by atoms with Gasteiger partial charge in [-0.2, -0.15) is 0 Å². The Bertz CT molecular complexity index is 352. The maximum absolute atomic E-state index is 4.42. The Labute approximate surface area is 111 Å². The standard InChI is InChI=1S/C15H25N3/c1-12(14-7-6-10-18(3)11-14)17-13(2)15-8-4-5-9-16-15/h4-5,8-9,12-14,17H,6-7,10-11H2,1-3H3/t12?,13-,14?/m1/s1. The monoisotopic (exact) mass is 247 g/mol. The molecule has 1 saturated heterocycles. The summed E-state index contributed by atoms with van der Waals surface area (Å²) in [6.45, 7) is 6.97. The van der Waals surface area contributed by atoms with Crippen LogP contribution in [0.15, 0.2) is 24.4 Å². The quantitative estimate of drug-likeness (QED) is 0.886. The molecular weight excluding hydrogens is 222 g/mol. The van der Waals surface area contributed by atoms with E-state index >= 15 is 0 Å². The van der Waals surface area contributed by atoms with Crippen molar-refractivity contribution in [1.82, 2.24) is 15.2 Å². The van der Waals surface area contributed by atoms with Gasteiger partial charge in [-0.3, -0.25) is 4.98 Å². The van der Waals surface area contributed by atoms with E-state index in [1.54, 1.807) is 0 Å². The van der Waals surface area contributed by atoms with Crippen LogP contribution in [0.3, 0.4) is 0 Å². The highest BCUT2D eigenvalue weighted by Gasteiger charge is 2.23. The van der Waals surface area contributed by atoms with Crippen molar-refractivity contribution in [3.05, 3.63) is 30.1 Å². The van der Waals surface area contributed by atoms with Crippen molar-refractivity contribution in [2.45, 2.75) is 38.8 Å². The Morgan fingerprint density at radius 3 is 2.89 bits per heavy atom. The Balaban J connectivity index is 1.88. The molecule has 0 radical (unpaired) electrons. The fraction of sp³-hybridized carbons (Fsp3) is 0.667. The second-order valence-corrected chi connectivity index (χ2v) is 5.60. The normalized spacial score (nSPS) is 24.7. The van der Waals surface area contributed by atoms with Crippen molar-refractivity contribution < 1.29 is 0 Å². The number of likely N-dealkylation sites (tertiary alicyclic amines) is 1. The first-order valence-corrected chi connectivity index (χ1v) is 7.02. The van der Waals surface area contributed by atoms with Crippen molar-refractivity contribution in [1.29, 1.82) is 0 Å². The van der Waals surface area contributed by atoms with Crippen molar-refractivity contribution in [3.8, 4) is 0 Å². The van der Waals surface area contributed by atoms with Crippen LogP contribution in [0.2, 0.25) is 0 Å². The molecule has 1 N–H and O–H groups in total. The molecule has 2 unspecified atom stereocenters. The fourth-order valence-electron chi connectivity index (χ4n) is 2.86. The molecule has 2 heterocycles. The van der Waals surface area contributed by atoms with Crippen LogP contribution in [0.25, 0.3) is 0 Å². The number of aromatic nitrogens is 1. The first kappa shape index (κ1) is 13.5. The molecule has 0 amide bonds. The van der Waals surface area contributed by atoms with Gasteiger partial charge >= 0.3 is 0 Å². The largest absolute Gasteiger partial charge is 0.306 e. The van der Waals surface area contributed by atoms with Gasteiger partial charge in [-0.05, 0) is 58.3 Å². The zero-order chi connectivity index (χ0) is 13.0. The molecule has 1 fully saturated rings. The molecule has 0 aromatic carbocycles. The predicted octanol–water partition coefficient (Wildman–Crippen LogP) is 2.46. The van der Waals surface area contributed by atoms with Gasteiger partial charge in [0.15, 0.2) is 0 Å². The summed E-state index contributed by atoms with van der Waals surface area (Å²) >= 11 is 0. The van der Waals surface area contributed by atoms with Gasteiger partial charge < -0.3 is 10.2 Å². The summed E-state index contributed by atoms with van der Waals surface area (Å²) in [6, 6.07) is 6.99. The van der Waals surface area contributed by atoms with Gasteiger partial charge in [0.1, 0.15) is 0 Å². The lowest BCUT2D eigenvalue weighted by atomic mass is 9.91. The van der Waals surface area contributed by atoms with Crippen molar-refractivity contribution in [2.75, 3.05) is 20.1 Å². The number of hydrogen-bond acceptors (Lipinski definition) is 3. The molecule has 2 rings (SSSR count). The summed E-state index contributed by atoms with van der Waals surface area (Å²) in [7, 11) is 2.22. The fourth-order valence-corrected chi connectivity index (χ4v) is 2.86. The van der Waals surface area contributed by atoms with E-state index in [0.717, 1.165) is 11.6 Å². The van der Waals surface area contributed by atoms with E-state index in [1.807, 2.05) is 12.3 Å². The maximum atomic E-state index is 4.42. The van der Waals surface area contributed by atoms with Gasteiger partial charge in [0.05, 0.1) is 5.69 Å². The highest BCUT2D eigenvalue weighted by molar-refractivity contribution is 5.07. The molecule has 100 valence electrons. The molecule has 1 aromatic rings. The molecule has 1 aliphatic heterocycles. The van der Waals surface area contributed by atoms with Crippen molar-refractivity contribution in [3.63, 3.8) is 0 Å². The number of hydrogen-bond donors (Lipinski definition) is 1. The zero-order valence-electron chi connectivity index (χ0n) is 11.8. The van der Waals surface area contributed by atoms with Gasteiger partial charge in [0.2, 0.25) is 0 Å². The lowest BCUT2D eigenvalue weighted by Crippen LogP contribution is -2.43. The van der Waals surface area contributed by atoms with Crippen LogP contribution in [-0.2, 0) is 0 Å². The van der Waals surface area contributed by atoms with Gasteiger partial charge in [-0.1, -0.05) is 6.07 Å². The topological polar surface area (TPSA) is 28.2 Å². The second kappa shape index (κ2) is 6.30. The molecule has 18 heavy (non-hydrogen) atoms. The van der Waals surface area contributed by atoms with Crippen LogP contribution in [0, 0.1) is 5.92 Å². The van der Waals surface area contributed by atoms with Crippen LogP contribution in [-0.4, -0.2) is 36.1 Å². The van der Waals surface area contributed by atoms with Crippen LogP contribution in [0.1, 0.15) is 38.4 Å². The Hall–Kier alpha value is -0.930. The van der Waals surface area contributed by atoms with Crippen LogP contribution < -0.4 is 5.32 Å². The van der Waals surface area contributed by atoms with Crippen molar-refractivity contribution in [2.24, 2.45) is 5.92 Å². The van der Waals surface area contributed by atoms with E-state index in [2.05, 4.69) is 48.2 Å². The Morgan fingerprint density at radius 2 is 2.22 bits per heavy atom. The van der Waals surface area contributed by atoms with E-state index in [-0.39, 0.29) is 0 Å². The SMILES string of the molecule is CC(N[C@H](C)c1ccccn1)C1CCCN(C)C1. The molecule has 3 atom stereocenters. The average molecular weight is 247 g/mol. The maximum Gasteiger partial charge on any atom is 0.0570 e. The summed E-state index contributed by atoms with van der Waals surface area (Å²) in [5.41, 5.74) is 1.13. The molecule has 1 aliphatic rings. The first-order chi connectivity index (χ1) is 8.66. The average Bonchev–Trinajstić information content (AvgIpc) is 2.39. The third-order valence-corrected chi connectivity index (χ3v) is 4.01. The third kappa shape index (κ3) is 3.53. The molecular formula is C15H25N3. The number of nitrogens with one attached hydrogen (secondary N) is 1. The number of nitrogens with zero attached hydrogens (tertiary/aromatic N) is 2. The summed E-state index contributed by atoms with van der Waals surface area (Å²) in [5.74, 6) is 0.759. The number of rotatable bonds is 4.